The normalized spacial score (nSPS) is 22.1. The second kappa shape index (κ2) is 6.64. The van der Waals surface area contributed by atoms with Crippen LogP contribution in [0.4, 0.5) is 0 Å². The fraction of sp³-hybridized carbons (Fsp3) is 0.786. The first-order valence-corrected chi connectivity index (χ1v) is 7.85. The number of aromatic nitrogens is 1. The van der Waals surface area contributed by atoms with Crippen molar-refractivity contribution in [1.82, 2.24) is 10.3 Å². The molecule has 18 heavy (non-hydrogen) atoms. The summed E-state index contributed by atoms with van der Waals surface area (Å²) < 4.78 is 5.63. The molecule has 102 valence electrons. The van der Waals surface area contributed by atoms with Gasteiger partial charge in [-0.05, 0) is 32.7 Å². The van der Waals surface area contributed by atoms with Gasteiger partial charge in [-0.1, -0.05) is 13.8 Å². The molecule has 2 atom stereocenters. The fourth-order valence-corrected chi connectivity index (χ4v) is 3.80. The highest BCUT2D eigenvalue weighted by molar-refractivity contribution is 7.11. The fourth-order valence-electron chi connectivity index (χ4n) is 2.62. The van der Waals surface area contributed by atoms with Crippen molar-refractivity contribution >= 4 is 11.3 Å². The molecule has 1 aromatic rings. The minimum atomic E-state index is 0.374. The molecule has 1 saturated heterocycles. The summed E-state index contributed by atoms with van der Waals surface area (Å²) >= 11 is 1.85. The van der Waals surface area contributed by atoms with Gasteiger partial charge in [0.05, 0.1) is 18.3 Å². The van der Waals surface area contributed by atoms with Crippen LogP contribution in [0, 0.1) is 12.8 Å². The van der Waals surface area contributed by atoms with Gasteiger partial charge in [-0.25, -0.2) is 4.98 Å². The van der Waals surface area contributed by atoms with Crippen molar-refractivity contribution in [2.75, 3.05) is 19.8 Å². The lowest BCUT2D eigenvalue weighted by Gasteiger charge is -2.29. The van der Waals surface area contributed by atoms with Gasteiger partial charge in [-0.15, -0.1) is 11.3 Å². The molecule has 1 aromatic heterocycles. The number of hydrogen-bond acceptors (Lipinski definition) is 4. The Morgan fingerprint density at radius 1 is 1.50 bits per heavy atom. The van der Waals surface area contributed by atoms with E-state index in [0.29, 0.717) is 12.0 Å². The van der Waals surface area contributed by atoms with E-state index in [9.17, 15) is 0 Å². The molecule has 0 aliphatic carbocycles. The molecule has 2 heterocycles. The predicted molar refractivity (Wildman–Crippen MR) is 76.2 cm³/mol. The zero-order chi connectivity index (χ0) is 13.0. The van der Waals surface area contributed by atoms with Crippen LogP contribution in [0.15, 0.2) is 0 Å². The van der Waals surface area contributed by atoms with Crippen LogP contribution >= 0.6 is 11.3 Å². The van der Waals surface area contributed by atoms with Crippen LogP contribution in [0.3, 0.4) is 0 Å². The largest absolute Gasteiger partial charge is 0.381 e. The van der Waals surface area contributed by atoms with Gasteiger partial charge in [0.25, 0.3) is 0 Å². The lowest BCUT2D eigenvalue weighted by Crippen LogP contribution is -2.33. The van der Waals surface area contributed by atoms with E-state index in [0.717, 1.165) is 26.2 Å². The van der Waals surface area contributed by atoms with Gasteiger partial charge < -0.3 is 10.1 Å². The maximum atomic E-state index is 5.63. The van der Waals surface area contributed by atoms with E-state index in [1.54, 1.807) is 0 Å². The highest BCUT2D eigenvalue weighted by Gasteiger charge is 2.27. The molecule has 0 amide bonds. The number of thiazole rings is 1. The van der Waals surface area contributed by atoms with Gasteiger partial charge in [0, 0.05) is 17.4 Å². The van der Waals surface area contributed by atoms with E-state index >= 15 is 0 Å². The Kier molecular flexibility index (Phi) is 5.15. The summed E-state index contributed by atoms with van der Waals surface area (Å²) in [5.41, 5.74) is 1.26. The average molecular weight is 268 g/mol. The smallest absolute Gasteiger partial charge is 0.110 e. The van der Waals surface area contributed by atoms with Crippen LogP contribution in [-0.2, 0) is 11.2 Å². The standard InChI is InChI=1S/C14H24N2OS/c1-4-12-10(3)18-14(16-12)13(15-5-2)11-7-6-8-17-9-11/h11,13,15H,4-9H2,1-3H3. The summed E-state index contributed by atoms with van der Waals surface area (Å²) in [5, 5.41) is 4.85. The summed E-state index contributed by atoms with van der Waals surface area (Å²) in [7, 11) is 0. The van der Waals surface area contributed by atoms with Crippen molar-refractivity contribution in [1.29, 1.82) is 0 Å². The van der Waals surface area contributed by atoms with E-state index in [4.69, 9.17) is 9.72 Å². The van der Waals surface area contributed by atoms with Gasteiger partial charge in [0.15, 0.2) is 0 Å². The van der Waals surface area contributed by atoms with Crippen molar-refractivity contribution < 1.29 is 4.74 Å². The monoisotopic (exact) mass is 268 g/mol. The number of rotatable bonds is 5. The lowest BCUT2D eigenvalue weighted by molar-refractivity contribution is 0.0392. The predicted octanol–water partition coefficient (Wildman–Crippen LogP) is 3.09. The highest BCUT2D eigenvalue weighted by Crippen LogP contribution is 2.32. The molecular weight excluding hydrogens is 244 g/mol. The van der Waals surface area contributed by atoms with Crippen molar-refractivity contribution in [3.8, 4) is 0 Å². The Balaban J connectivity index is 2.16. The molecule has 1 aliphatic heterocycles. The zero-order valence-corrected chi connectivity index (χ0v) is 12.5. The van der Waals surface area contributed by atoms with Crippen molar-refractivity contribution in [2.24, 2.45) is 5.92 Å². The maximum Gasteiger partial charge on any atom is 0.110 e. The number of aryl methyl sites for hydroxylation is 2. The third-order valence-electron chi connectivity index (χ3n) is 3.60. The third-order valence-corrected chi connectivity index (χ3v) is 4.70. The minimum absolute atomic E-state index is 0.374. The molecule has 1 N–H and O–H groups in total. The highest BCUT2D eigenvalue weighted by atomic mass is 32.1. The van der Waals surface area contributed by atoms with Crippen molar-refractivity contribution in [2.45, 2.75) is 46.1 Å². The number of nitrogens with one attached hydrogen (secondary N) is 1. The Hall–Kier alpha value is -0.450. The number of ether oxygens (including phenoxy) is 1. The SMILES string of the molecule is CCNC(c1nc(CC)c(C)s1)C1CCCOC1. The molecule has 2 unspecified atom stereocenters. The molecule has 0 saturated carbocycles. The van der Waals surface area contributed by atoms with Crippen LogP contribution in [0.5, 0.6) is 0 Å². The van der Waals surface area contributed by atoms with Crippen LogP contribution in [0.1, 0.15) is 48.3 Å². The molecule has 0 bridgehead atoms. The van der Waals surface area contributed by atoms with Crippen LogP contribution in [-0.4, -0.2) is 24.7 Å². The second-order valence-corrected chi connectivity index (χ2v) is 6.16. The van der Waals surface area contributed by atoms with E-state index in [1.165, 1.54) is 28.4 Å². The maximum absolute atomic E-state index is 5.63. The Morgan fingerprint density at radius 3 is 2.89 bits per heavy atom. The third kappa shape index (κ3) is 3.11. The topological polar surface area (TPSA) is 34.2 Å². The molecule has 0 aromatic carbocycles. The van der Waals surface area contributed by atoms with Crippen molar-refractivity contribution in [3.05, 3.63) is 15.6 Å². The molecule has 1 fully saturated rings. The van der Waals surface area contributed by atoms with E-state index < -0.39 is 0 Å². The van der Waals surface area contributed by atoms with E-state index in [-0.39, 0.29) is 0 Å². The van der Waals surface area contributed by atoms with Crippen molar-refractivity contribution in [3.63, 3.8) is 0 Å². The van der Waals surface area contributed by atoms with Crippen LogP contribution < -0.4 is 5.32 Å². The van der Waals surface area contributed by atoms with Gasteiger partial charge >= 0.3 is 0 Å². The molecule has 1 aliphatic rings. The number of nitrogens with zero attached hydrogens (tertiary/aromatic N) is 1. The summed E-state index contributed by atoms with van der Waals surface area (Å²) in [5.74, 6) is 0.578. The Labute approximate surface area is 114 Å². The summed E-state index contributed by atoms with van der Waals surface area (Å²) in [6.07, 6.45) is 3.46. The summed E-state index contributed by atoms with van der Waals surface area (Å²) in [6.45, 7) is 9.31. The Morgan fingerprint density at radius 2 is 2.33 bits per heavy atom. The lowest BCUT2D eigenvalue weighted by atomic mass is 9.94. The molecule has 0 spiro atoms. The van der Waals surface area contributed by atoms with Gasteiger partial charge in [-0.2, -0.15) is 0 Å². The first-order chi connectivity index (χ1) is 8.76. The average Bonchev–Trinajstić information content (AvgIpc) is 2.78. The van der Waals surface area contributed by atoms with E-state index in [1.807, 2.05) is 11.3 Å². The summed E-state index contributed by atoms with van der Waals surface area (Å²) in [6, 6.07) is 0.374. The number of hydrogen-bond donors (Lipinski definition) is 1. The first kappa shape index (κ1) is 14.0. The van der Waals surface area contributed by atoms with E-state index in [2.05, 4.69) is 26.1 Å². The minimum Gasteiger partial charge on any atom is -0.381 e. The van der Waals surface area contributed by atoms with Gasteiger partial charge in [0.2, 0.25) is 0 Å². The van der Waals surface area contributed by atoms with Crippen LogP contribution in [0.25, 0.3) is 0 Å². The molecule has 0 radical (unpaired) electrons. The quantitative estimate of drug-likeness (QED) is 0.891. The first-order valence-electron chi connectivity index (χ1n) is 7.03. The van der Waals surface area contributed by atoms with Crippen LogP contribution in [0.2, 0.25) is 0 Å². The van der Waals surface area contributed by atoms with Gasteiger partial charge in [0.1, 0.15) is 5.01 Å². The zero-order valence-electron chi connectivity index (χ0n) is 11.7. The summed E-state index contributed by atoms with van der Waals surface area (Å²) in [4.78, 5) is 6.19. The molecule has 4 heteroatoms. The molecule has 2 rings (SSSR count). The van der Waals surface area contributed by atoms with Gasteiger partial charge in [-0.3, -0.25) is 0 Å². The molecule has 3 nitrogen and oxygen atoms in total. The molecular formula is C14H24N2OS. The Bertz CT molecular complexity index is 372. The second-order valence-electron chi connectivity index (χ2n) is 4.92.